The van der Waals surface area contributed by atoms with Crippen LogP contribution >= 0.6 is 0 Å². The SMILES string of the molecule is C=C(NCCCN1CC(CNc2ccnc3cc(F)ccc23)C1)c1ccc(F)cc1C. The normalized spacial score (nSPS) is 14.4. The van der Waals surface area contributed by atoms with E-state index in [1.165, 1.54) is 24.3 Å². The van der Waals surface area contributed by atoms with Crippen molar-refractivity contribution in [1.82, 2.24) is 15.2 Å². The molecule has 1 aromatic heterocycles. The smallest absolute Gasteiger partial charge is 0.125 e. The number of likely N-dealkylation sites (tertiary alicyclic amines) is 1. The number of rotatable bonds is 9. The molecule has 0 amide bonds. The molecule has 162 valence electrons. The Balaban J connectivity index is 1.15. The van der Waals surface area contributed by atoms with Crippen molar-refractivity contribution in [2.45, 2.75) is 13.3 Å². The first-order valence-electron chi connectivity index (χ1n) is 10.7. The molecule has 0 atom stereocenters. The van der Waals surface area contributed by atoms with E-state index >= 15 is 0 Å². The van der Waals surface area contributed by atoms with Crippen molar-refractivity contribution in [1.29, 1.82) is 0 Å². The van der Waals surface area contributed by atoms with Crippen LogP contribution in [0, 0.1) is 24.5 Å². The quantitative estimate of drug-likeness (QED) is 0.485. The van der Waals surface area contributed by atoms with Gasteiger partial charge in [-0.3, -0.25) is 4.98 Å². The van der Waals surface area contributed by atoms with Crippen LogP contribution in [0.15, 0.2) is 55.2 Å². The summed E-state index contributed by atoms with van der Waals surface area (Å²) in [6.45, 7) is 10.9. The van der Waals surface area contributed by atoms with E-state index in [-0.39, 0.29) is 11.6 Å². The fourth-order valence-corrected chi connectivity index (χ4v) is 4.12. The summed E-state index contributed by atoms with van der Waals surface area (Å²) >= 11 is 0. The molecule has 2 aromatic carbocycles. The van der Waals surface area contributed by atoms with E-state index in [0.29, 0.717) is 11.4 Å². The third-order valence-corrected chi connectivity index (χ3v) is 5.82. The average molecular weight is 423 g/mol. The van der Waals surface area contributed by atoms with Crippen LogP contribution in [0.4, 0.5) is 14.5 Å². The minimum atomic E-state index is -0.266. The molecule has 3 aromatic rings. The maximum atomic E-state index is 13.4. The molecule has 1 aliphatic rings. The first-order chi connectivity index (χ1) is 15.0. The number of halogens is 2. The maximum absolute atomic E-state index is 13.4. The Labute approximate surface area is 182 Å². The van der Waals surface area contributed by atoms with Crippen molar-refractivity contribution < 1.29 is 8.78 Å². The Kier molecular flexibility index (Phi) is 6.47. The molecular weight excluding hydrogens is 394 g/mol. The number of benzene rings is 2. The predicted octanol–water partition coefficient (Wildman–Crippen LogP) is 4.82. The highest BCUT2D eigenvalue weighted by Gasteiger charge is 2.25. The summed E-state index contributed by atoms with van der Waals surface area (Å²) < 4.78 is 26.6. The van der Waals surface area contributed by atoms with Gasteiger partial charge in [-0.1, -0.05) is 6.58 Å². The molecule has 4 nitrogen and oxygen atoms in total. The standard InChI is InChI=1S/C25H28F2N4/c1-17-12-20(26)4-6-22(17)18(2)28-9-3-11-31-15-19(16-31)14-30-24-8-10-29-25-13-21(27)5-7-23(24)25/h4-8,10,12-13,19,28H,2-3,9,11,14-16H2,1H3,(H,29,30). The monoisotopic (exact) mass is 422 g/mol. The number of pyridine rings is 1. The zero-order valence-corrected chi connectivity index (χ0v) is 17.8. The number of anilines is 1. The minimum Gasteiger partial charge on any atom is -0.385 e. The van der Waals surface area contributed by atoms with Crippen molar-refractivity contribution in [3.05, 3.63) is 78.0 Å². The fourth-order valence-electron chi connectivity index (χ4n) is 4.12. The molecule has 1 fully saturated rings. The molecule has 4 rings (SSSR count). The molecule has 6 heteroatoms. The van der Waals surface area contributed by atoms with Gasteiger partial charge in [0.1, 0.15) is 11.6 Å². The van der Waals surface area contributed by atoms with Crippen LogP contribution in [-0.2, 0) is 0 Å². The minimum absolute atomic E-state index is 0.220. The van der Waals surface area contributed by atoms with Gasteiger partial charge < -0.3 is 15.5 Å². The van der Waals surface area contributed by atoms with Crippen molar-refractivity contribution in [3.8, 4) is 0 Å². The van der Waals surface area contributed by atoms with E-state index in [4.69, 9.17) is 0 Å². The summed E-state index contributed by atoms with van der Waals surface area (Å²) in [4.78, 5) is 6.69. The summed E-state index contributed by atoms with van der Waals surface area (Å²) in [7, 11) is 0. The number of nitrogens with one attached hydrogen (secondary N) is 2. The van der Waals surface area contributed by atoms with Gasteiger partial charge in [0.15, 0.2) is 0 Å². The van der Waals surface area contributed by atoms with Crippen LogP contribution in [0.1, 0.15) is 17.5 Å². The van der Waals surface area contributed by atoms with Crippen LogP contribution in [-0.4, -0.2) is 42.6 Å². The third-order valence-electron chi connectivity index (χ3n) is 5.82. The van der Waals surface area contributed by atoms with E-state index in [1.54, 1.807) is 18.3 Å². The molecule has 1 aliphatic heterocycles. The summed E-state index contributed by atoms with van der Waals surface area (Å²) in [5, 5.41) is 7.80. The van der Waals surface area contributed by atoms with Crippen molar-refractivity contribution in [3.63, 3.8) is 0 Å². The van der Waals surface area contributed by atoms with Crippen LogP contribution in [0.3, 0.4) is 0 Å². The molecule has 0 aliphatic carbocycles. The molecule has 1 saturated heterocycles. The lowest BCUT2D eigenvalue weighted by molar-refractivity contribution is 0.108. The Morgan fingerprint density at radius 2 is 1.90 bits per heavy atom. The van der Waals surface area contributed by atoms with Crippen molar-refractivity contribution in [2.75, 3.05) is 38.0 Å². The lowest BCUT2D eigenvalue weighted by atomic mass is 9.99. The van der Waals surface area contributed by atoms with Gasteiger partial charge in [0.05, 0.1) is 5.52 Å². The zero-order valence-electron chi connectivity index (χ0n) is 17.8. The van der Waals surface area contributed by atoms with Gasteiger partial charge in [-0.15, -0.1) is 0 Å². The van der Waals surface area contributed by atoms with Gasteiger partial charge in [0.2, 0.25) is 0 Å². The average Bonchev–Trinajstić information content (AvgIpc) is 2.71. The lowest BCUT2D eigenvalue weighted by Crippen LogP contribution is -2.50. The van der Waals surface area contributed by atoms with E-state index in [2.05, 4.69) is 27.1 Å². The highest BCUT2D eigenvalue weighted by Crippen LogP contribution is 2.24. The third kappa shape index (κ3) is 5.20. The molecule has 0 unspecified atom stereocenters. The fraction of sp³-hybridized carbons (Fsp3) is 0.320. The van der Waals surface area contributed by atoms with Crippen molar-refractivity contribution >= 4 is 22.3 Å². The van der Waals surface area contributed by atoms with Gasteiger partial charge in [0, 0.05) is 66.7 Å². The van der Waals surface area contributed by atoms with E-state index in [1.807, 2.05) is 13.0 Å². The van der Waals surface area contributed by atoms with E-state index < -0.39 is 0 Å². The number of nitrogens with zero attached hydrogens (tertiary/aromatic N) is 2. The molecule has 0 spiro atoms. The second-order valence-corrected chi connectivity index (χ2v) is 8.24. The predicted molar refractivity (Wildman–Crippen MR) is 123 cm³/mol. The summed E-state index contributed by atoms with van der Waals surface area (Å²) in [5.41, 5.74) is 4.37. The molecule has 0 bridgehead atoms. The number of aryl methyl sites for hydroxylation is 1. The highest BCUT2D eigenvalue weighted by atomic mass is 19.1. The molecule has 0 saturated carbocycles. The van der Waals surface area contributed by atoms with Gasteiger partial charge in [-0.2, -0.15) is 0 Å². The van der Waals surface area contributed by atoms with Crippen molar-refractivity contribution in [2.24, 2.45) is 5.92 Å². The Bertz CT molecular complexity index is 1080. The first kappa shape index (κ1) is 21.2. The van der Waals surface area contributed by atoms with E-state index in [9.17, 15) is 8.78 Å². The second kappa shape index (κ2) is 9.43. The zero-order chi connectivity index (χ0) is 21.8. The molecule has 0 radical (unpaired) electrons. The second-order valence-electron chi connectivity index (χ2n) is 8.24. The number of hydrogen-bond acceptors (Lipinski definition) is 4. The van der Waals surface area contributed by atoms with E-state index in [0.717, 1.165) is 67.0 Å². The largest absolute Gasteiger partial charge is 0.385 e. The summed E-state index contributed by atoms with van der Waals surface area (Å²) in [5.74, 6) is 0.119. The van der Waals surface area contributed by atoms with Crippen LogP contribution in [0.2, 0.25) is 0 Å². The van der Waals surface area contributed by atoms with Gasteiger partial charge in [-0.05, 0) is 61.9 Å². The Morgan fingerprint density at radius 3 is 2.71 bits per heavy atom. The molecule has 31 heavy (non-hydrogen) atoms. The summed E-state index contributed by atoms with van der Waals surface area (Å²) in [6, 6.07) is 11.4. The lowest BCUT2D eigenvalue weighted by Gasteiger charge is -2.39. The van der Waals surface area contributed by atoms with Crippen LogP contribution in [0.25, 0.3) is 16.6 Å². The number of fused-ring (bicyclic) bond motifs is 1. The number of aromatic nitrogens is 1. The molecule has 2 N–H and O–H groups in total. The Morgan fingerprint density at radius 1 is 1.13 bits per heavy atom. The van der Waals surface area contributed by atoms with Crippen LogP contribution in [0.5, 0.6) is 0 Å². The van der Waals surface area contributed by atoms with Gasteiger partial charge in [0.25, 0.3) is 0 Å². The highest BCUT2D eigenvalue weighted by molar-refractivity contribution is 5.90. The van der Waals surface area contributed by atoms with Crippen LogP contribution < -0.4 is 10.6 Å². The van der Waals surface area contributed by atoms with Gasteiger partial charge >= 0.3 is 0 Å². The van der Waals surface area contributed by atoms with Gasteiger partial charge in [-0.25, -0.2) is 8.78 Å². The summed E-state index contributed by atoms with van der Waals surface area (Å²) in [6.07, 6.45) is 2.74. The Hall–Kier alpha value is -2.99. The number of hydrogen-bond donors (Lipinski definition) is 2. The molecular formula is C25H28F2N4. The topological polar surface area (TPSA) is 40.2 Å². The maximum Gasteiger partial charge on any atom is 0.125 e. The first-order valence-corrected chi connectivity index (χ1v) is 10.7. The molecule has 2 heterocycles.